The molecule has 0 fully saturated rings. The maximum atomic E-state index is 10.2. The number of hydrogen-bond donors (Lipinski definition) is 4. The van der Waals surface area contributed by atoms with Crippen LogP contribution < -0.4 is 0 Å². The molecule has 8 heteroatoms. The van der Waals surface area contributed by atoms with E-state index in [0.717, 1.165) is 0 Å². The molecule has 7 nitrogen and oxygen atoms in total. The van der Waals surface area contributed by atoms with Crippen molar-refractivity contribution < 1.29 is 33.8 Å². The van der Waals surface area contributed by atoms with E-state index in [1.54, 1.807) is 6.92 Å². The molecule has 0 heterocycles. The van der Waals surface area contributed by atoms with Crippen molar-refractivity contribution >= 4 is 7.82 Å². The Kier molecular flexibility index (Phi) is 6.46. The van der Waals surface area contributed by atoms with Crippen LogP contribution in [0.3, 0.4) is 0 Å². The lowest BCUT2D eigenvalue weighted by Gasteiger charge is -2.20. The van der Waals surface area contributed by atoms with E-state index in [4.69, 9.17) is 24.7 Å². The molecule has 0 spiro atoms. The van der Waals surface area contributed by atoms with Crippen molar-refractivity contribution in [2.75, 3.05) is 13.4 Å². The van der Waals surface area contributed by atoms with Gasteiger partial charge in [-0.3, -0.25) is 4.52 Å². The van der Waals surface area contributed by atoms with Gasteiger partial charge >= 0.3 is 7.82 Å². The van der Waals surface area contributed by atoms with Crippen LogP contribution in [0.5, 0.6) is 0 Å². The van der Waals surface area contributed by atoms with Crippen molar-refractivity contribution in [3.05, 3.63) is 0 Å². The lowest BCUT2D eigenvalue weighted by atomic mass is 10.2. The number of phosphoric acid groups is 1. The van der Waals surface area contributed by atoms with Gasteiger partial charge in [0, 0.05) is 0 Å². The first-order chi connectivity index (χ1) is 6.40. The highest BCUT2D eigenvalue weighted by atomic mass is 31.2. The lowest BCUT2D eigenvalue weighted by molar-refractivity contribution is -0.106. The predicted octanol–water partition coefficient (Wildman–Crippen LogP) is -0.798. The largest absolute Gasteiger partial charge is 0.471 e. The Bertz CT molecular complexity index is 191. The Morgan fingerprint density at radius 1 is 1.43 bits per heavy atom. The van der Waals surface area contributed by atoms with Crippen LogP contribution in [-0.4, -0.2) is 45.6 Å². The first-order valence-corrected chi connectivity index (χ1v) is 5.54. The molecule has 0 saturated heterocycles. The number of hydrogen-bond acceptors (Lipinski definition) is 5. The summed E-state index contributed by atoms with van der Waals surface area (Å²) in [7, 11) is -4.54. The first-order valence-electron chi connectivity index (χ1n) is 4.01. The van der Waals surface area contributed by atoms with Gasteiger partial charge in [-0.25, -0.2) is 4.57 Å². The summed E-state index contributed by atoms with van der Waals surface area (Å²) in [5, 5.41) is 17.7. The van der Waals surface area contributed by atoms with Crippen LogP contribution in [0.1, 0.15) is 13.3 Å². The van der Waals surface area contributed by atoms with Gasteiger partial charge in [-0.05, 0) is 6.42 Å². The summed E-state index contributed by atoms with van der Waals surface area (Å²) in [6.07, 6.45) is -1.39. The van der Waals surface area contributed by atoms with E-state index in [-0.39, 0.29) is 0 Å². The molecule has 0 aliphatic rings. The van der Waals surface area contributed by atoms with E-state index >= 15 is 0 Å². The molecule has 0 aliphatic heterocycles. The van der Waals surface area contributed by atoms with Gasteiger partial charge in [-0.15, -0.1) is 0 Å². The summed E-state index contributed by atoms with van der Waals surface area (Å²) in [4.78, 5) is 16.6. The SMILES string of the molecule is CCC(OCOP(=O)(O)O)C(O)CO. The summed E-state index contributed by atoms with van der Waals surface area (Å²) < 4.78 is 19.0. The minimum Gasteiger partial charge on any atom is -0.394 e. The number of phosphoric ester groups is 1. The maximum Gasteiger partial charge on any atom is 0.471 e. The van der Waals surface area contributed by atoms with Crippen LogP contribution in [0, 0.1) is 0 Å². The number of ether oxygens (including phenoxy) is 1. The molecule has 0 amide bonds. The van der Waals surface area contributed by atoms with Gasteiger partial charge in [0.05, 0.1) is 12.7 Å². The van der Waals surface area contributed by atoms with Crippen molar-refractivity contribution in [2.24, 2.45) is 0 Å². The average molecular weight is 230 g/mol. The first kappa shape index (κ1) is 14.0. The zero-order valence-electron chi connectivity index (χ0n) is 7.74. The number of aliphatic hydroxyl groups is 2. The highest BCUT2D eigenvalue weighted by molar-refractivity contribution is 7.46. The van der Waals surface area contributed by atoms with Crippen LogP contribution in [0.25, 0.3) is 0 Å². The fourth-order valence-electron chi connectivity index (χ4n) is 0.805. The Hall–Kier alpha value is -0.0100. The van der Waals surface area contributed by atoms with E-state index in [1.807, 2.05) is 0 Å². The molecule has 0 aromatic rings. The molecule has 0 radical (unpaired) electrons. The molecule has 0 saturated carbocycles. The normalized spacial score (nSPS) is 16.6. The van der Waals surface area contributed by atoms with E-state index in [1.165, 1.54) is 0 Å². The van der Waals surface area contributed by atoms with Crippen LogP contribution in [0.2, 0.25) is 0 Å². The molecule has 2 atom stereocenters. The van der Waals surface area contributed by atoms with E-state index < -0.39 is 33.4 Å². The summed E-state index contributed by atoms with van der Waals surface area (Å²) in [5.41, 5.74) is 0. The van der Waals surface area contributed by atoms with Gasteiger partial charge in [0.25, 0.3) is 0 Å². The van der Waals surface area contributed by atoms with Crippen molar-refractivity contribution in [1.29, 1.82) is 0 Å². The van der Waals surface area contributed by atoms with Crippen molar-refractivity contribution in [3.63, 3.8) is 0 Å². The number of aliphatic hydroxyl groups excluding tert-OH is 2. The standard InChI is InChI=1S/C6H15O7P/c1-2-6(5(8)3-7)12-4-13-14(9,10)11/h5-8H,2-4H2,1H3,(H2,9,10,11). The Balaban J connectivity index is 3.79. The van der Waals surface area contributed by atoms with Gasteiger partial charge in [0.1, 0.15) is 6.10 Å². The summed E-state index contributed by atoms with van der Waals surface area (Å²) >= 11 is 0. The molecule has 4 N–H and O–H groups in total. The van der Waals surface area contributed by atoms with Crippen molar-refractivity contribution in [3.8, 4) is 0 Å². The Morgan fingerprint density at radius 3 is 2.36 bits per heavy atom. The van der Waals surface area contributed by atoms with E-state index in [0.29, 0.717) is 6.42 Å². The molecular formula is C6H15O7P. The molecule has 0 bridgehead atoms. The Morgan fingerprint density at radius 2 is 2.00 bits per heavy atom. The molecular weight excluding hydrogens is 215 g/mol. The van der Waals surface area contributed by atoms with E-state index in [9.17, 15) is 4.57 Å². The molecule has 0 rings (SSSR count). The average Bonchev–Trinajstić information content (AvgIpc) is 2.09. The second kappa shape index (κ2) is 6.47. The smallest absolute Gasteiger partial charge is 0.394 e. The third-order valence-electron chi connectivity index (χ3n) is 1.52. The molecule has 0 aliphatic carbocycles. The fraction of sp³-hybridized carbons (Fsp3) is 1.00. The predicted molar refractivity (Wildman–Crippen MR) is 46.3 cm³/mol. The topological polar surface area (TPSA) is 116 Å². The van der Waals surface area contributed by atoms with Crippen molar-refractivity contribution in [1.82, 2.24) is 0 Å². The van der Waals surface area contributed by atoms with Crippen LogP contribution in [0.4, 0.5) is 0 Å². The zero-order chi connectivity index (χ0) is 11.2. The van der Waals surface area contributed by atoms with Gasteiger partial charge in [0.2, 0.25) is 0 Å². The van der Waals surface area contributed by atoms with Crippen molar-refractivity contribution in [2.45, 2.75) is 25.6 Å². The zero-order valence-corrected chi connectivity index (χ0v) is 8.63. The minimum atomic E-state index is -4.54. The molecule has 0 aromatic carbocycles. The third kappa shape index (κ3) is 6.44. The summed E-state index contributed by atoms with van der Waals surface area (Å²) in [5.74, 6) is 0. The van der Waals surface area contributed by atoms with Crippen LogP contribution >= 0.6 is 7.82 Å². The van der Waals surface area contributed by atoms with E-state index in [2.05, 4.69) is 4.52 Å². The molecule has 86 valence electrons. The molecule has 0 aromatic heterocycles. The van der Waals surface area contributed by atoms with Gasteiger partial charge in [-0.1, -0.05) is 6.92 Å². The lowest BCUT2D eigenvalue weighted by Crippen LogP contribution is -2.32. The highest BCUT2D eigenvalue weighted by Gasteiger charge is 2.19. The summed E-state index contributed by atoms with van der Waals surface area (Å²) in [6, 6.07) is 0. The second-order valence-corrected chi connectivity index (χ2v) is 3.84. The molecule has 2 unspecified atom stereocenters. The van der Waals surface area contributed by atoms with Gasteiger partial charge < -0.3 is 24.7 Å². The molecule has 14 heavy (non-hydrogen) atoms. The quantitative estimate of drug-likeness (QED) is 0.334. The monoisotopic (exact) mass is 230 g/mol. The van der Waals surface area contributed by atoms with Gasteiger partial charge in [0.15, 0.2) is 6.79 Å². The minimum absolute atomic E-state index is 0.395. The van der Waals surface area contributed by atoms with Crippen LogP contribution in [-0.2, 0) is 13.8 Å². The fourth-order valence-corrected chi connectivity index (χ4v) is 1.00. The summed E-state index contributed by atoms with van der Waals surface area (Å²) in [6.45, 7) is 0.593. The third-order valence-corrected chi connectivity index (χ3v) is 1.96. The van der Waals surface area contributed by atoms with Crippen LogP contribution in [0.15, 0.2) is 0 Å². The van der Waals surface area contributed by atoms with Gasteiger partial charge in [-0.2, -0.15) is 0 Å². The number of rotatable bonds is 7. The second-order valence-electron chi connectivity index (χ2n) is 2.60. The Labute approximate surface area is 81.5 Å². The maximum absolute atomic E-state index is 10.2. The highest BCUT2D eigenvalue weighted by Crippen LogP contribution is 2.35.